The molecule has 1 aliphatic carbocycles. The number of hydrogen-bond donors (Lipinski definition) is 0. The summed E-state index contributed by atoms with van der Waals surface area (Å²) in [7, 11) is 0. The van der Waals surface area contributed by atoms with Crippen LogP contribution in [-0.2, 0) is 17.8 Å². The number of hydrogen-bond acceptors (Lipinski definition) is 6. The van der Waals surface area contributed by atoms with E-state index in [0.717, 1.165) is 30.7 Å². The van der Waals surface area contributed by atoms with Crippen LogP contribution in [0, 0.1) is 0 Å². The van der Waals surface area contributed by atoms with Crippen molar-refractivity contribution in [1.29, 1.82) is 0 Å². The van der Waals surface area contributed by atoms with Crippen molar-refractivity contribution in [1.82, 2.24) is 15.1 Å². The Morgan fingerprint density at radius 3 is 2.77 bits per heavy atom. The van der Waals surface area contributed by atoms with Crippen LogP contribution in [0.4, 0.5) is 0 Å². The van der Waals surface area contributed by atoms with Crippen LogP contribution in [0.2, 0.25) is 0 Å². The number of nitrogens with zero attached hydrogens (tertiary/aromatic N) is 3. The van der Waals surface area contributed by atoms with Crippen molar-refractivity contribution in [2.24, 2.45) is 0 Å². The van der Waals surface area contributed by atoms with Gasteiger partial charge in [0.25, 0.3) is 5.22 Å². The predicted molar refractivity (Wildman–Crippen MR) is 119 cm³/mol. The molecule has 0 saturated heterocycles. The Morgan fingerprint density at radius 2 is 2.03 bits per heavy atom. The maximum absolute atomic E-state index is 13.0. The van der Waals surface area contributed by atoms with E-state index >= 15 is 0 Å². The normalized spacial score (nSPS) is 14.8. The topological polar surface area (TPSA) is 72.4 Å². The van der Waals surface area contributed by atoms with Gasteiger partial charge in [0.2, 0.25) is 11.8 Å². The van der Waals surface area contributed by atoms with E-state index in [9.17, 15) is 4.79 Å². The van der Waals surface area contributed by atoms with E-state index in [0.29, 0.717) is 24.1 Å². The van der Waals surface area contributed by atoms with Gasteiger partial charge >= 0.3 is 0 Å². The highest BCUT2D eigenvalue weighted by Crippen LogP contribution is 2.26. The largest absolute Gasteiger partial charge is 0.467 e. The van der Waals surface area contributed by atoms with E-state index in [1.165, 1.54) is 23.7 Å². The molecule has 0 saturated carbocycles. The summed E-state index contributed by atoms with van der Waals surface area (Å²) in [6.45, 7) is 2.59. The molecule has 162 valence electrons. The average molecular weight is 438 g/mol. The summed E-state index contributed by atoms with van der Waals surface area (Å²) in [5.41, 5.74) is 2.32. The highest BCUT2D eigenvalue weighted by Gasteiger charge is 2.22. The minimum absolute atomic E-state index is 0.0203. The van der Waals surface area contributed by atoms with E-state index in [-0.39, 0.29) is 17.6 Å². The number of carbonyl (C=O) groups excluding carboxylic acids is 1. The Balaban J connectivity index is 1.36. The minimum atomic E-state index is 0.0203. The first-order valence-electron chi connectivity index (χ1n) is 10.7. The van der Waals surface area contributed by atoms with Crippen LogP contribution in [0.25, 0.3) is 0 Å². The predicted octanol–water partition coefficient (Wildman–Crippen LogP) is 5.59. The number of amides is 1. The smallest absolute Gasteiger partial charge is 0.277 e. The molecule has 1 aliphatic rings. The molecule has 1 atom stereocenters. The Labute approximate surface area is 186 Å². The second kappa shape index (κ2) is 10.5. The SMILES string of the molecule is CC(Cc1nnc(SCC(=O)N(Cc2ccco2)C2=CCCCC2)o1)c1ccccc1. The second-order valence-electron chi connectivity index (χ2n) is 7.77. The summed E-state index contributed by atoms with van der Waals surface area (Å²) in [5, 5.41) is 8.72. The molecule has 7 heteroatoms. The molecule has 0 bridgehead atoms. The van der Waals surface area contributed by atoms with Crippen LogP contribution < -0.4 is 0 Å². The van der Waals surface area contributed by atoms with Crippen LogP contribution in [0.5, 0.6) is 0 Å². The van der Waals surface area contributed by atoms with Gasteiger partial charge in [-0.3, -0.25) is 4.79 Å². The molecule has 2 heterocycles. The molecule has 0 fully saturated rings. The van der Waals surface area contributed by atoms with Crippen molar-refractivity contribution in [3.63, 3.8) is 0 Å². The molecular formula is C24H27N3O3S. The van der Waals surface area contributed by atoms with Crippen molar-refractivity contribution in [2.45, 2.75) is 56.7 Å². The molecular weight excluding hydrogens is 410 g/mol. The number of rotatable bonds is 9. The standard InChI is InChI=1S/C24H27N3O3S/c1-18(19-9-4-2-5-10-19)15-22-25-26-24(30-22)31-17-23(28)27(16-21-13-8-14-29-21)20-11-6-3-7-12-20/h2,4-5,8-11,13-14,18H,3,6-7,12,15-17H2,1H3. The zero-order valence-electron chi connectivity index (χ0n) is 17.7. The molecule has 0 aliphatic heterocycles. The van der Waals surface area contributed by atoms with Gasteiger partial charge in [0, 0.05) is 12.1 Å². The summed E-state index contributed by atoms with van der Waals surface area (Å²) in [5.74, 6) is 1.91. The van der Waals surface area contributed by atoms with Gasteiger partial charge in [0.15, 0.2) is 0 Å². The third-order valence-electron chi connectivity index (χ3n) is 5.43. The fraction of sp³-hybridized carbons (Fsp3) is 0.375. The molecule has 0 radical (unpaired) electrons. The quantitative estimate of drug-likeness (QED) is 0.407. The molecule has 31 heavy (non-hydrogen) atoms. The fourth-order valence-corrected chi connectivity index (χ4v) is 4.37. The minimum Gasteiger partial charge on any atom is -0.467 e. The Bertz CT molecular complexity index is 998. The van der Waals surface area contributed by atoms with Crippen molar-refractivity contribution < 1.29 is 13.6 Å². The zero-order valence-corrected chi connectivity index (χ0v) is 18.5. The fourth-order valence-electron chi connectivity index (χ4n) is 3.72. The summed E-state index contributed by atoms with van der Waals surface area (Å²) >= 11 is 1.29. The van der Waals surface area contributed by atoms with Gasteiger partial charge in [0.1, 0.15) is 5.76 Å². The van der Waals surface area contributed by atoms with Crippen LogP contribution in [0.15, 0.2) is 74.6 Å². The van der Waals surface area contributed by atoms with Gasteiger partial charge in [-0.05, 0) is 49.3 Å². The number of carbonyl (C=O) groups is 1. The summed E-state index contributed by atoms with van der Waals surface area (Å²) in [4.78, 5) is 14.9. The van der Waals surface area contributed by atoms with Crippen LogP contribution in [0.3, 0.4) is 0 Å². The van der Waals surface area contributed by atoms with Gasteiger partial charge in [-0.1, -0.05) is 55.1 Å². The van der Waals surface area contributed by atoms with Crippen LogP contribution in [0.1, 0.15) is 55.7 Å². The van der Waals surface area contributed by atoms with Crippen molar-refractivity contribution >= 4 is 17.7 Å². The number of thioether (sulfide) groups is 1. The monoisotopic (exact) mass is 437 g/mol. The van der Waals surface area contributed by atoms with Gasteiger partial charge in [-0.2, -0.15) is 0 Å². The number of furan rings is 1. The molecule has 1 amide bonds. The third kappa shape index (κ3) is 5.88. The Hall–Kier alpha value is -2.80. The van der Waals surface area contributed by atoms with E-state index in [1.807, 2.05) is 35.2 Å². The average Bonchev–Trinajstić information content (AvgIpc) is 3.49. The number of aromatic nitrogens is 2. The Morgan fingerprint density at radius 1 is 1.16 bits per heavy atom. The molecule has 4 rings (SSSR count). The van der Waals surface area contributed by atoms with Crippen molar-refractivity contribution in [3.8, 4) is 0 Å². The van der Waals surface area contributed by atoms with Gasteiger partial charge < -0.3 is 13.7 Å². The highest BCUT2D eigenvalue weighted by atomic mass is 32.2. The highest BCUT2D eigenvalue weighted by molar-refractivity contribution is 7.99. The Kier molecular flexibility index (Phi) is 7.25. The number of allylic oxidation sites excluding steroid dienone is 2. The van der Waals surface area contributed by atoms with Crippen LogP contribution in [-0.4, -0.2) is 26.8 Å². The molecule has 6 nitrogen and oxygen atoms in total. The van der Waals surface area contributed by atoms with Gasteiger partial charge in [-0.25, -0.2) is 0 Å². The molecule has 0 spiro atoms. The first-order chi connectivity index (χ1) is 15.2. The third-order valence-corrected chi connectivity index (χ3v) is 6.23. The molecule has 1 unspecified atom stereocenters. The summed E-state index contributed by atoms with van der Waals surface area (Å²) in [6.07, 6.45) is 8.68. The first kappa shape index (κ1) is 21.4. The maximum atomic E-state index is 13.0. The lowest BCUT2D eigenvalue weighted by Crippen LogP contribution is -2.32. The lowest BCUT2D eigenvalue weighted by atomic mass is 9.98. The zero-order chi connectivity index (χ0) is 21.5. The molecule has 0 N–H and O–H groups in total. The van der Waals surface area contributed by atoms with Crippen molar-refractivity contribution in [2.75, 3.05) is 5.75 Å². The van der Waals surface area contributed by atoms with Crippen LogP contribution >= 0.6 is 11.8 Å². The lowest BCUT2D eigenvalue weighted by molar-refractivity contribution is -0.127. The maximum Gasteiger partial charge on any atom is 0.277 e. The second-order valence-corrected chi connectivity index (χ2v) is 8.69. The first-order valence-corrected chi connectivity index (χ1v) is 11.7. The van der Waals surface area contributed by atoms with E-state index in [2.05, 4.69) is 35.3 Å². The lowest BCUT2D eigenvalue weighted by Gasteiger charge is -2.26. The number of benzene rings is 1. The van der Waals surface area contributed by atoms with E-state index in [1.54, 1.807) is 6.26 Å². The van der Waals surface area contributed by atoms with Gasteiger partial charge in [0.05, 0.1) is 18.6 Å². The summed E-state index contributed by atoms with van der Waals surface area (Å²) < 4.78 is 11.3. The van der Waals surface area contributed by atoms with E-state index in [4.69, 9.17) is 8.83 Å². The molecule has 3 aromatic rings. The molecule has 2 aromatic heterocycles. The van der Waals surface area contributed by atoms with Gasteiger partial charge in [-0.15, -0.1) is 10.2 Å². The summed E-state index contributed by atoms with van der Waals surface area (Å²) in [6, 6.07) is 14.0. The molecule has 1 aromatic carbocycles. The van der Waals surface area contributed by atoms with Crippen molar-refractivity contribution in [3.05, 3.63) is 77.7 Å². The van der Waals surface area contributed by atoms with E-state index < -0.39 is 0 Å².